The fraction of sp³-hybridized carbons (Fsp3) is 0.360. The Morgan fingerprint density at radius 2 is 1.80 bits per heavy atom. The largest absolute Gasteiger partial charge is 0.491 e. The van der Waals surface area contributed by atoms with Gasteiger partial charge < -0.3 is 4.74 Å². The molecule has 2 aromatic carbocycles. The summed E-state index contributed by atoms with van der Waals surface area (Å²) < 4.78 is 60.3. The molecule has 0 saturated heterocycles. The van der Waals surface area contributed by atoms with Gasteiger partial charge in [0.15, 0.2) is 11.6 Å². The second-order valence-corrected chi connectivity index (χ2v) is 7.55. The normalized spacial score (nSPS) is 19.0. The molecule has 0 aromatic heterocycles. The van der Waals surface area contributed by atoms with Gasteiger partial charge in [0.1, 0.15) is 5.56 Å². The third kappa shape index (κ3) is 4.94. The Morgan fingerprint density at radius 1 is 1.07 bits per heavy atom. The van der Waals surface area contributed by atoms with Gasteiger partial charge in [-0.2, -0.15) is 13.2 Å². The molecule has 2 unspecified atom stereocenters. The van der Waals surface area contributed by atoms with Crippen LogP contribution in [-0.2, 0) is 6.18 Å². The van der Waals surface area contributed by atoms with E-state index in [1.807, 2.05) is 18.2 Å². The highest BCUT2D eigenvalue weighted by molar-refractivity contribution is 5.70. The Hall–Kier alpha value is -2.56. The summed E-state index contributed by atoms with van der Waals surface area (Å²) in [5.74, 6) is -0.951. The molecule has 30 heavy (non-hydrogen) atoms. The maximum Gasteiger partial charge on any atom is 0.419 e. The van der Waals surface area contributed by atoms with Crippen molar-refractivity contribution in [1.82, 2.24) is 0 Å². The predicted octanol–water partition coefficient (Wildman–Crippen LogP) is 7.93. The van der Waals surface area contributed by atoms with Crippen molar-refractivity contribution >= 4 is 0 Å². The molecule has 1 aliphatic rings. The Labute approximate surface area is 175 Å². The number of halogens is 4. The number of hydrogen-bond acceptors (Lipinski definition) is 1. The van der Waals surface area contributed by atoms with Crippen molar-refractivity contribution in [2.75, 3.05) is 6.61 Å². The Bertz CT molecular complexity index is 897. The molecule has 2 atom stereocenters. The third-order valence-corrected chi connectivity index (χ3v) is 5.55. The second kappa shape index (κ2) is 9.50. The van der Waals surface area contributed by atoms with Crippen LogP contribution in [0.1, 0.15) is 49.7 Å². The van der Waals surface area contributed by atoms with Crippen LogP contribution in [0.25, 0.3) is 11.1 Å². The molecule has 3 rings (SSSR count). The molecular weight excluding hydrogens is 392 g/mol. The number of ether oxygens (including phenoxy) is 1. The van der Waals surface area contributed by atoms with Gasteiger partial charge in [-0.1, -0.05) is 42.5 Å². The molecule has 1 aliphatic carbocycles. The van der Waals surface area contributed by atoms with Gasteiger partial charge in [-0.15, -0.1) is 6.58 Å². The van der Waals surface area contributed by atoms with E-state index in [0.29, 0.717) is 11.5 Å². The van der Waals surface area contributed by atoms with Gasteiger partial charge in [-0.25, -0.2) is 4.39 Å². The fourth-order valence-corrected chi connectivity index (χ4v) is 3.98. The first-order chi connectivity index (χ1) is 14.3. The smallest absolute Gasteiger partial charge is 0.419 e. The summed E-state index contributed by atoms with van der Waals surface area (Å²) in [6, 6.07) is 9.47. The summed E-state index contributed by atoms with van der Waals surface area (Å²) in [6.07, 6.45) is 5.69. The monoisotopic (exact) mass is 418 g/mol. The molecule has 2 aromatic rings. The molecule has 0 fully saturated rings. The Kier molecular flexibility index (Phi) is 7.01. The van der Waals surface area contributed by atoms with E-state index in [0.717, 1.165) is 31.2 Å². The SMILES string of the molecule is C=CCCC1C=CC(c2ccc(-c3ccc(OCC)c(F)c3C(F)(F)F)cc2)CC1. The summed E-state index contributed by atoms with van der Waals surface area (Å²) in [4.78, 5) is 0. The van der Waals surface area contributed by atoms with Crippen molar-refractivity contribution < 1.29 is 22.3 Å². The van der Waals surface area contributed by atoms with Crippen LogP contribution >= 0.6 is 0 Å². The van der Waals surface area contributed by atoms with Crippen molar-refractivity contribution in [2.45, 2.75) is 44.7 Å². The van der Waals surface area contributed by atoms with E-state index in [1.165, 1.54) is 12.1 Å². The molecule has 0 spiro atoms. The lowest BCUT2D eigenvalue weighted by molar-refractivity contribution is -0.139. The highest BCUT2D eigenvalue weighted by Gasteiger charge is 2.38. The summed E-state index contributed by atoms with van der Waals surface area (Å²) in [5, 5.41) is 0. The Balaban J connectivity index is 1.86. The Morgan fingerprint density at radius 3 is 2.37 bits per heavy atom. The molecule has 160 valence electrons. The van der Waals surface area contributed by atoms with Crippen LogP contribution < -0.4 is 4.74 Å². The molecule has 5 heteroatoms. The zero-order valence-electron chi connectivity index (χ0n) is 17.0. The maximum atomic E-state index is 14.5. The number of benzene rings is 2. The average Bonchev–Trinajstić information content (AvgIpc) is 2.73. The highest BCUT2D eigenvalue weighted by Crippen LogP contribution is 2.42. The lowest BCUT2D eigenvalue weighted by atomic mass is 9.82. The zero-order valence-corrected chi connectivity index (χ0v) is 17.0. The summed E-state index contributed by atoms with van der Waals surface area (Å²) in [5.41, 5.74) is -0.0867. The van der Waals surface area contributed by atoms with Crippen LogP contribution in [0, 0.1) is 11.7 Å². The molecule has 0 bridgehead atoms. The minimum Gasteiger partial charge on any atom is -0.491 e. The quantitative estimate of drug-likeness (QED) is 0.328. The summed E-state index contributed by atoms with van der Waals surface area (Å²) in [6.45, 7) is 5.44. The first-order valence-corrected chi connectivity index (χ1v) is 10.3. The number of allylic oxidation sites excluding steroid dienone is 3. The van der Waals surface area contributed by atoms with Gasteiger partial charge in [0, 0.05) is 5.92 Å². The van der Waals surface area contributed by atoms with Crippen LogP contribution in [0.3, 0.4) is 0 Å². The van der Waals surface area contributed by atoms with Gasteiger partial charge in [0.05, 0.1) is 6.61 Å². The summed E-state index contributed by atoms with van der Waals surface area (Å²) >= 11 is 0. The van der Waals surface area contributed by atoms with Gasteiger partial charge >= 0.3 is 6.18 Å². The lowest BCUT2D eigenvalue weighted by Gasteiger charge is -2.23. The van der Waals surface area contributed by atoms with Gasteiger partial charge in [-0.3, -0.25) is 0 Å². The molecular formula is C25H26F4O. The van der Waals surface area contributed by atoms with E-state index in [1.54, 1.807) is 19.1 Å². The van der Waals surface area contributed by atoms with Crippen LogP contribution in [0.15, 0.2) is 61.2 Å². The van der Waals surface area contributed by atoms with Gasteiger partial charge in [0.2, 0.25) is 0 Å². The molecule has 1 nitrogen and oxygen atoms in total. The van der Waals surface area contributed by atoms with E-state index in [4.69, 9.17) is 4.74 Å². The fourth-order valence-electron chi connectivity index (χ4n) is 3.98. The first-order valence-electron chi connectivity index (χ1n) is 10.3. The molecule has 0 aliphatic heterocycles. The van der Waals surface area contributed by atoms with Crippen LogP contribution in [0.5, 0.6) is 5.75 Å². The first kappa shape index (κ1) is 22.1. The lowest BCUT2D eigenvalue weighted by Crippen LogP contribution is -2.12. The highest BCUT2D eigenvalue weighted by atomic mass is 19.4. The van der Waals surface area contributed by atoms with E-state index in [-0.39, 0.29) is 23.8 Å². The van der Waals surface area contributed by atoms with E-state index in [2.05, 4.69) is 18.7 Å². The van der Waals surface area contributed by atoms with E-state index in [9.17, 15) is 17.6 Å². The van der Waals surface area contributed by atoms with Gasteiger partial charge in [0.25, 0.3) is 0 Å². The average molecular weight is 418 g/mol. The minimum atomic E-state index is -4.82. The topological polar surface area (TPSA) is 9.23 Å². The van der Waals surface area contributed by atoms with E-state index >= 15 is 0 Å². The van der Waals surface area contributed by atoms with Crippen LogP contribution in [0.2, 0.25) is 0 Å². The molecule has 0 saturated carbocycles. The standard InChI is InChI=1S/C25H26F4O/c1-3-5-6-17-7-9-18(10-8-17)19-11-13-20(14-12-19)21-15-16-22(30-4-2)24(26)23(21)25(27,28)29/h3,7,9,11-18H,1,4-6,8,10H2,2H3. The third-order valence-electron chi connectivity index (χ3n) is 5.55. The predicted molar refractivity (Wildman–Crippen MR) is 112 cm³/mol. The molecule has 0 radical (unpaired) electrons. The van der Waals surface area contributed by atoms with Crippen molar-refractivity contribution in [3.05, 3.63) is 78.1 Å². The van der Waals surface area contributed by atoms with E-state index < -0.39 is 17.6 Å². The second-order valence-electron chi connectivity index (χ2n) is 7.55. The molecule has 0 heterocycles. The van der Waals surface area contributed by atoms with Gasteiger partial charge in [-0.05, 0) is 67.3 Å². The number of rotatable bonds is 7. The van der Waals surface area contributed by atoms with Crippen LogP contribution in [0.4, 0.5) is 17.6 Å². The zero-order chi connectivity index (χ0) is 21.7. The summed E-state index contributed by atoms with van der Waals surface area (Å²) in [7, 11) is 0. The number of alkyl halides is 3. The van der Waals surface area contributed by atoms with Crippen molar-refractivity contribution in [2.24, 2.45) is 5.92 Å². The molecule has 0 N–H and O–H groups in total. The maximum absolute atomic E-state index is 14.5. The van der Waals surface area contributed by atoms with Crippen molar-refractivity contribution in [3.8, 4) is 16.9 Å². The number of hydrogen-bond donors (Lipinski definition) is 0. The minimum absolute atomic E-state index is 0.0889. The van der Waals surface area contributed by atoms with Crippen LogP contribution in [-0.4, -0.2) is 6.61 Å². The molecule has 0 amide bonds. The van der Waals surface area contributed by atoms with Crippen molar-refractivity contribution in [1.29, 1.82) is 0 Å². The van der Waals surface area contributed by atoms with Crippen molar-refractivity contribution in [3.63, 3.8) is 0 Å².